The normalized spacial score (nSPS) is 15.9. The highest BCUT2D eigenvalue weighted by Crippen LogP contribution is 2.42. The minimum atomic E-state index is -0.602. The van der Waals surface area contributed by atoms with Gasteiger partial charge in [0.25, 0.3) is 5.56 Å². The molecular formula is C24H23N3O4. The molecular weight excluding hydrogens is 394 g/mol. The second-order valence-corrected chi connectivity index (χ2v) is 7.99. The van der Waals surface area contributed by atoms with Gasteiger partial charge >= 0.3 is 5.69 Å². The van der Waals surface area contributed by atoms with Crippen molar-refractivity contribution < 1.29 is 9.84 Å². The average molecular weight is 417 g/mol. The van der Waals surface area contributed by atoms with Crippen LogP contribution < -0.4 is 11.2 Å². The fourth-order valence-corrected chi connectivity index (χ4v) is 4.54. The van der Waals surface area contributed by atoms with E-state index in [0.717, 1.165) is 21.4 Å². The molecule has 4 aromatic rings. The van der Waals surface area contributed by atoms with Crippen LogP contribution in [0.4, 0.5) is 0 Å². The van der Waals surface area contributed by atoms with Crippen LogP contribution in [-0.2, 0) is 25.4 Å². The van der Waals surface area contributed by atoms with Crippen LogP contribution in [0.1, 0.15) is 22.9 Å². The average Bonchev–Trinajstić information content (AvgIpc) is 3.13. The number of ether oxygens (including phenoxy) is 1. The standard InChI is InChI=1S/C24H23N3O4/c1-14-8-10-15(11-9-14)19-18-20(25(2)24(30)26(3)23(18)29)21-22(31-13-12-27(19)21)16-6-4-5-7-17(16)28/h4-11,22,28H,12-13H2,1-3H3. The molecule has 1 aliphatic rings. The van der Waals surface area contributed by atoms with Gasteiger partial charge in [0, 0.05) is 26.2 Å². The molecule has 2 aromatic carbocycles. The van der Waals surface area contributed by atoms with E-state index in [1.807, 2.05) is 37.3 Å². The van der Waals surface area contributed by atoms with Gasteiger partial charge in [0.15, 0.2) is 0 Å². The fraction of sp³-hybridized carbons (Fsp3) is 0.250. The first-order chi connectivity index (χ1) is 14.9. The van der Waals surface area contributed by atoms with Gasteiger partial charge in [0.05, 0.1) is 28.9 Å². The molecule has 0 spiro atoms. The Morgan fingerprint density at radius 2 is 1.71 bits per heavy atom. The van der Waals surface area contributed by atoms with Crippen molar-refractivity contribution in [2.24, 2.45) is 14.1 Å². The highest BCUT2D eigenvalue weighted by Gasteiger charge is 2.34. The van der Waals surface area contributed by atoms with Gasteiger partial charge in [0.1, 0.15) is 11.9 Å². The molecule has 3 heterocycles. The molecule has 0 radical (unpaired) electrons. The zero-order chi connectivity index (χ0) is 21.9. The summed E-state index contributed by atoms with van der Waals surface area (Å²) in [5.74, 6) is 0.112. The molecule has 31 heavy (non-hydrogen) atoms. The number of para-hydroxylation sites is 1. The minimum Gasteiger partial charge on any atom is -0.508 e. The maximum absolute atomic E-state index is 13.3. The monoisotopic (exact) mass is 417 g/mol. The molecule has 7 heteroatoms. The molecule has 0 aliphatic carbocycles. The van der Waals surface area contributed by atoms with Gasteiger partial charge in [-0.2, -0.15) is 0 Å². The summed E-state index contributed by atoms with van der Waals surface area (Å²) in [7, 11) is 3.16. The van der Waals surface area contributed by atoms with E-state index in [9.17, 15) is 14.7 Å². The van der Waals surface area contributed by atoms with E-state index >= 15 is 0 Å². The Morgan fingerprint density at radius 3 is 2.42 bits per heavy atom. The molecule has 1 atom stereocenters. The SMILES string of the molecule is Cc1ccc(-c2c3c(=O)n(C)c(=O)n(C)c3c3n2CCOC3c2ccccc2O)cc1. The van der Waals surface area contributed by atoms with Crippen molar-refractivity contribution in [3.8, 4) is 17.0 Å². The molecule has 1 aliphatic heterocycles. The van der Waals surface area contributed by atoms with Gasteiger partial charge in [-0.3, -0.25) is 13.9 Å². The van der Waals surface area contributed by atoms with E-state index in [0.29, 0.717) is 35.3 Å². The number of aromatic nitrogens is 3. The largest absolute Gasteiger partial charge is 0.508 e. The van der Waals surface area contributed by atoms with Crippen molar-refractivity contribution in [2.45, 2.75) is 19.6 Å². The van der Waals surface area contributed by atoms with Crippen LogP contribution in [0.15, 0.2) is 58.1 Å². The molecule has 1 unspecified atom stereocenters. The van der Waals surface area contributed by atoms with Crippen LogP contribution in [0, 0.1) is 6.92 Å². The highest BCUT2D eigenvalue weighted by atomic mass is 16.5. The van der Waals surface area contributed by atoms with E-state index in [1.54, 1.807) is 25.2 Å². The quantitative estimate of drug-likeness (QED) is 0.544. The van der Waals surface area contributed by atoms with Crippen molar-refractivity contribution in [1.29, 1.82) is 0 Å². The number of phenols is 1. The Hall–Kier alpha value is -3.58. The Balaban J connectivity index is 1.96. The third-order valence-electron chi connectivity index (χ3n) is 6.10. The number of benzene rings is 2. The van der Waals surface area contributed by atoms with E-state index in [-0.39, 0.29) is 11.3 Å². The molecule has 158 valence electrons. The van der Waals surface area contributed by atoms with Crippen LogP contribution in [0.5, 0.6) is 5.75 Å². The van der Waals surface area contributed by atoms with Crippen molar-refractivity contribution >= 4 is 10.9 Å². The van der Waals surface area contributed by atoms with E-state index in [4.69, 9.17) is 4.74 Å². The third-order valence-corrected chi connectivity index (χ3v) is 6.10. The predicted octanol–water partition coefficient (Wildman–Crippen LogP) is 2.84. The second kappa shape index (κ2) is 6.99. The molecule has 0 saturated carbocycles. The summed E-state index contributed by atoms with van der Waals surface area (Å²) in [4.78, 5) is 26.2. The molecule has 2 aromatic heterocycles. The summed E-state index contributed by atoms with van der Waals surface area (Å²) < 4.78 is 10.8. The number of fused-ring (bicyclic) bond motifs is 3. The fourth-order valence-electron chi connectivity index (χ4n) is 4.54. The van der Waals surface area contributed by atoms with Gasteiger partial charge < -0.3 is 14.4 Å². The summed E-state index contributed by atoms with van der Waals surface area (Å²) in [5.41, 5.74) is 3.89. The van der Waals surface area contributed by atoms with Crippen LogP contribution in [0.3, 0.4) is 0 Å². The minimum absolute atomic E-state index is 0.112. The third kappa shape index (κ3) is 2.77. The summed E-state index contributed by atoms with van der Waals surface area (Å²) in [6, 6.07) is 15.0. The number of hydrogen-bond acceptors (Lipinski definition) is 4. The van der Waals surface area contributed by atoms with Gasteiger partial charge in [-0.15, -0.1) is 0 Å². The van der Waals surface area contributed by atoms with E-state index < -0.39 is 11.8 Å². The topological polar surface area (TPSA) is 78.4 Å². The number of nitrogens with zero attached hydrogens (tertiary/aromatic N) is 3. The summed E-state index contributed by atoms with van der Waals surface area (Å²) in [5, 5.41) is 11.0. The Bertz CT molecular complexity index is 1440. The van der Waals surface area contributed by atoms with E-state index in [1.165, 1.54) is 11.6 Å². The van der Waals surface area contributed by atoms with Crippen molar-refractivity contribution in [2.75, 3.05) is 6.61 Å². The summed E-state index contributed by atoms with van der Waals surface area (Å²) in [6.45, 7) is 2.97. The van der Waals surface area contributed by atoms with Crippen LogP contribution in [0.2, 0.25) is 0 Å². The number of aryl methyl sites for hydroxylation is 2. The van der Waals surface area contributed by atoms with Gasteiger partial charge in [-0.05, 0) is 18.6 Å². The molecule has 7 nitrogen and oxygen atoms in total. The van der Waals surface area contributed by atoms with Gasteiger partial charge in [0.2, 0.25) is 0 Å². The predicted molar refractivity (Wildman–Crippen MR) is 118 cm³/mol. The molecule has 0 amide bonds. The first kappa shape index (κ1) is 19.4. The molecule has 0 fully saturated rings. The molecule has 0 bridgehead atoms. The van der Waals surface area contributed by atoms with Crippen molar-refractivity contribution in [3.05, 3.63) is 86.2 Å². The Labute approximate surface area is 178 Å². The molecule has 1 N–H and O–H groups in total. The smallest absolute Gasteiger partial charge is 0.331 e. The second-order valence-electron chi connectivity index (χ2n) is 7.99. The first-order valence-corrected chi connectivity index (χ1v) is 10.2. The lowest BCUT2D eigenvalue weighted by atomic mass is 10.0. The number of aromatic hydroxyl groups is 1. The Morgan fingerprint density at radius 1 is 1.00 bits per heavy atom. The summed E-state index contributed by atoms with van der Waals surface area (Å²) in [6.07, 6.45) is -0.602. The van der Waals surface area contributed by atoms with Gasteiger partial charge in [-0.25, -0.2) is 4.79 Å². The molecule has 5 rings (SSSR count). The maximum atomic E-state index is 13.3. The zero-order valence-electron chi connectivity index (χ0n) is 17.6. The lowest BCUT2D eigenvalue weighted by molar-refractivity contribution is 0.0464. The Kier molecular flexibility index (Phi) is 4.37. The first-order valence-electron chi connectivity index (χ1n) is 10.2. The molecule has 0 saturated heterocycles. The summed E-state index contributed by atoms with van der Waals surface area (Å²) >= 11 is 0. The highest BCUT2D eigenvalue weighted by molar-refractivity contribution is 5.96. The lowest BCUT2D eigenvalue weighted by Gasteiger charge is -2.28. The number of hydrogen-bond donors (Lipinski definition) is 1. The number of phenolic OH excluding ortho intramolecular Hbond substituents is 1. The van der Waals surface area contributed by atoms with Crippen molar-refractivity contribution in [3.63, 3.8) is 0 Å². The van der Waals surface area contributed by atoms with Crippen LogP contribution in [-0.4, -0.2) is 25.4 Å². The zero-order valence-corrected chi connectivity index (χ0v) is 17.6. The van der Waals surface area contributed by atoms with Gasteiger partial charge in [-0.1, -0.05) is 48.0 Å². The maximum Gasteiger partial charge on any atom is 0.331 e. The lowest BCUT2D eigenvalue weighted by Crippen LogP contribution is -2.37. The van der Waals surface area contributed by atoms with Crippen LogP contribution in [0.25, 0.3) is 22.2 Å². The van der Waals surface area contributed by atoms with Crippen molar-refractivity contribution in [1.82, 2.24) is 13.7 Å². The van der Waals surface area contributed by atoms with Crippen LogP contribution >= 0.6 is 0 Å². The van der Waals surface area contributed by atoms with E-state index in [2.05, 4.69) is 4.57 Å². The number of rotatable bonds is 2.